The molecule has 2 rings (SSSR count). The lowest BCUT2D eigenvalue weighted by Crippen LogP contribution is -2.37. The molecule has 1 N–H and O–H groups in total. The van der Waals surface area contributed by atoms with Crippen molar-refractivity contribution < 1.29 is 9.90 Å². The Morgan fingerprint density at radius 2 is 2.50 bits per heavy atom. The molecule has 0 spiro atoms. The maximum absolute atomic E-state index is 12.2. The van der Waals surface area contributed by atoms with Crippen LogP contribution in [0, 0.1) is 0 Å². The lowest BCUT2D eigenvalue weighted by Gasteiger charge is -2.22. The Hall–Kier alpha value is -1.01. The number of hydrogen-bond donors (Lipinski definition) is 1. The van der Waals surface area contributed by atoms with Gasteiger partial charge in [-0.15, -0.1) is 5.10 Å². The van der Waals surface area contributed by atoms with Crippen LogP contribution in [0.2, 0.25) is 0 Å². The van der Waals surface area contributed by atoms with E-state index in [2.05, 4.69) is 9.59 Å². The van der Waals surface area contributed by atoms with Gasteiger partial charge in [-0.05, 0) is 30.8 Å². The Morgan fingerprint density at radius 1 is 1.69 bits per heavy atom. The normalized spacial score (nSPS) is 20.4. The van der Waals surface area contributed by atoms with E-state index >= 15 is 0 Å². The van der Waals surface area contributed by atoms with Crippen LogP contribution in [0.25, 0.3) is 0 Å². The Morgan fingerprint density at radius 3 is 3.19 bits per heavy atom. The fourth-order valence-corrected chi connectivity index (χ4v) is 2.73. The van der Waals surface area contributed by atoms with Crippen molar-refractivity contribution in [1.82, 2.24) is 14.5 Å². The first-order valence-electron chi connectivity index (χ1n) is 5.51. The highest BCUT2D eigenvalue weighted by Gasteiger charge is 2.31. The molecule has 1 aromatic rings. The van der Waals surface area contributed by atoms with E-state index in [0.29, 0.717) is 4.88 Å². The van der Waals surface area contributed by atoms with E-state index in [1.165, 1.54) is 0 Å². The van der Waals surface area contributed by atoms with Gasteiger partial charge >= 0.3 is 0 Å². The summed E-state index contributed by atoms with van der Waals surface area (Å²) < 4.78 is 3.82. The summed E-state index contributed by atoms with van der Waals surface area (Å²) in [6, 6.07) is -0.0284. The SMILES string of the molecule is CCc1nnsc1C(=O)N1CCC[C@@H]1CO. The standard InChI is InChI=1S/C10H15N3O2S/c1-2-8-9(16-12-11-8)10(15)13-5-3-4-7(13)6-14/h7,14H,2-6H2,1H3/t7-/m1/s1. The maximum atomic E-state index is 12.2. The van der Waals surface area contributed by atoms with Crippen molar-refractivity contribution in [3.05, 3.63) is 10.6 Å². The van der Waals surface area contributed by atoms with E-state index in [-0.39, 0.29) is 18.6 Å². The number of aromatic nitrogens is 2. The average Bonchev–Trinajstić information content (AvgIpc) is 2.96. The highest BCUT2D eigenvalue weighted by atomic mass is 32.1. The van der Waals surface area contributed by atoms with Crippen molar-refractivity contribution >= 4 is 17.4 Å². The molecule has 2 heterocycles. The summed E-state index contributed by atoms with van der Waals surface area (Å²) in [6.07, 6.45) is 2.57. The molecule has 0 saturated carbocycles. The predicted molar refractivity (Wildman–Crippen MR) is 60.4 cm³/mol. The molecule has 1 atom stereocenters. The molecule has 1 saturated heterocycles. The van der Waals surface area contributed by atoms with Crippen molar-refractivity contribution in [3.63, 3.8) is 0 Å². The molecule has 1 aliphatic heterocycles. The molecule has 0 aliphatic carbocycles. The topological polar surface area (TPSA) is 66.3 Å². The van der Waals surface area contributed by atoms with E-state index in [4.69, 9.17) is 0 Å². The van der Waals surface area contributed by atoms with Crippen LogP contribution in [0.4, 0.5) is 0 Å². The van der Waals surface area contributed by atoms with Crippen molar-refractivity contribution in [3.8, 4) is 0 Å². The van der Waals surface area contributed by atoms with Gasteiger partial charge in [-0.2, -0.15) is 0 Å². The Balaban J connectivity index is 2.18. The summed E-state index contributed by atoms with van der Waals surface area (Å²) in [5, 5.41) is 13.1. The molecule has 6 heteroatoms. The molecule has 5 nitrogen and oxygen atoms in total. The van der Waals surface area contributed by atoms with E-state index in [0.717, 1.165) is 43.0 Å². The van der Waals surface area contributed by atoms with Gasteiger partial charge < -0.3 is 10.0 Å². The highest BCUT2D eigenvalue weighted by Crippen LogP contribution is 2.22. The van der Waals surface area contributed by atoms with Crippen LogP contribution >= 0.6 is 11.5 Å². The quantitative estimate of drug-likeness (QED) is 0.846. The number of aliphatic hydroxyl groups is 1. The second-order valence-electron chi connectivity index (χ2n) is 3.88. The molecule has 1 aliphatic rings. The molecular formula is C10H15N3O2S. The number of aliphatic hydroxyl groups excluding tert-OH is 1. The molecule has 0 bridgehead atoms. The number of amides is 1. The smallest absolute Gasteiger partial charge is 0.267 e. The van der Waals surface area contributed by atoms with E-state index in [1.54, 1.807) is 4.90 Å². The summed E-state index contributed by atoms with van der Waals surface area (Å²) in [5.74, 6) is -0.0246. The van der Waals surface area contributed by atoms with Gasteiger partial charge in [0.15, 0.2) is 0 Å². The van der Waals surface area contributed by atoms with Crippen molar-refractivity contribution in [2.75, 3.05) is 13.2 Å². The van der Waals surface area contributed by atoms with E-state index in [9.17, 15) is 9.90 Å². The fourth-order valence-electron chi connectivity index (χ4n) is 2.03. The van der Waals surface area contributed by atoms with Crippen LogP contribution in [0.3, 0.4) is 0 Å². The Labute approximate surface area is 98.2 Å². The fraction of sp³-hybridized carbons (Fsp3) is 0.700. The van der Waals surface area contributed by atoms with Crippen molar-refractivity contribution in [1.29, 1.82) is 0 Å². The first-order valence-corrected chi connectivity index (χ1v) is 6.28. The first kappa shape index (κ1) is 11.5. The zero-order valence-electron chi connectivity index (χ0n) is 9.22. The number of likely N-dealkylation sites (tertiary alicyclic amines) is 1. The maximum Gasteiger partial charge on any atom is 0.267 e. The third kappa shape index (κ3) is 1.94. The van der Waals surface area contributed by atoms with Crippen LogP contribution in [-0.2, 0) is 6.42 Å². The Bertz CT molecular complexity index is 380. The van der Waals surface area contributed by atoms with Crippen LogP contribution in [0.5, 0.6) is 0 Å². The minimum Gasteiger partial charge on any atom is -0.394 e. The molecule has 1 fully saturated rings. The Kier molecular flexibility index (Phi) is 3.50. The average molecular weight is 241 g/mol. The number of hydrogen-bond acceptors (Lipinski definition) is 5. The molecule has 0 aromatic carbocycles. The van der Waals surface area contributed by atoms with Gasteiger partial charge in [0.25, 0.3) is 5.91 Å². The second-order valence-corrected chi connectivity index (χ2v) is 4.63. The van der Waals surface area contributed by atoms with Crippen LogP contribution in [-0.4, -0.2) is 44.7 Å². The minimum absolute atomic E-state index is 0.0246. The van der Waals surface area contributed by atoms with Gasteiger partial charge in [0.05, 0.1) is 18.3 Å². The predicted octanol–water partition coefficient (Wildman–Crippen LogP) is 0.697. The van der Waals surface area contributed by atoms with Gasteiger partial charge in [-0.3, -0.25) is 4.79 Å². The molecular weight excluding hydrogens is 226 g/mol. The molecule has 88 valence electrons. The van der Waals surface area contributed by atoms with Crippen molar-refractivity contribution in [2.24, 2.45) is 0 Å². The zero-order valence-corrected chi connectivity index (χ0v) is 10.0. The van der Waals surface area contributed by atoms with Gasteiger partial charge in [0.2, 0.25) is 0 Å². The lowest BCUT2D eigenvalue weighted by molar-refractivity contribution is 0.0681. The lowest BCUT2D eigenvalue weighted by atomic mass is 10.2. The molecule has 1 aromatic heterocycles. The zero-order chi connectivity index (χ0) is 11.5. The number of nitrogens with zero attached hydrogens (tertiary/aromatic N) is 3. The first-order chi connectivity index (χ1) is 7.77. The minimum atomic E-state index is -0.0284. The molecule has 1 amide bonds. The summed E-state index contributed by atoms with van der Waals surface area (Å²) in [6.45, 7) is 2.73. The summed E-state index contributed by atoms with van der Waals surface area (Å²) >= 11 is 1.15. The summed E-state index contributed by atoms with van der Waals surface area (Å²) in [5.41, 5.74) is 0.763. The number of carbonyl (C=O) groups excluding carboxylic acids is 1. The number of rotatable bonds is 3. The van der Waals surface area contributed by atoms with Crippen molar-refractivity contribution in [2.45, 2.75) is 32.2 Å². The van der Waals surface area contributed by atoms with E-state index < -0.39 is 0 Å². The van der Waals surface area contributed by atoms with E-state index in [1.807, 2.05) is 6.92 Å². The molecule has 0 radical (unpaired) electrons. The van der Waals surface area contributed by atoms with Crippen LogP contribution in [0.15, 0.2) is 0 Å². The monoisotopic (exact) mass is 241 g/mol. The second kappa shape index (κ2) is 4.88. The van der Waals surface area contributed by atoms with Gasteiger partial charge in [0.1, 0.15) is 4.88 Å². The van der Waals surface area contributed by atoms with Gasteiger partial charge in [-0.1, -0.05) is 11.4 Å². The van der Waals surface area contributed by atoms with Crippen LogP contribution < -0.4 is 0 Å². The third-order valence-corrected chi connectivity index (χ3v) is 3.69. The highest BCUT2D eigenvalue weighted by molar-refractivity contribution is 7.08. The summed E-state index contributed by atoms with van der Waals surface area (Å²) in [4.78, 5) is 14.6. The molecule has 16 heavy (non-hydrogen) atoms. The molecule has 0 unspecified atom stereocenters. The van der Waals surface area contributed by atoms with Crippen LogP contribution in [0.1, 0.15) is 35.1 Å². The third-order valence-electron chi connectivity index (χ3n) is 2.93. The number of carbonyl (C=O) groups is 1. The number of aryl methyl sites for hydroxylation is 1. The van der Waals surface area contributed by atoms with Gasteiger partial charge in [0, 0.05) is 6.54 Å². The largest absolute Gasteiger partial charge is 0.394 e. The summed E-state index contributed by atoms with van der Waals surface area (Å²) in [7, 11) is 0. The van der Waals surface area contributed by atoms with Gasteiger partial charge in [-0.25, -0.2) is 0 Å².